The molecule has 17 nitrogen and oxygen atoms in total. The smallest absolute Gasteiger partial charge is 0.105 e. The van der Waals surface area contributed by atoms with Gasteiger partial charge in [0.25, 0.3) is 0 Å². The van der Waals surface area contributed by atoms with Gasteiger partial charge in [-0.3, -0.25) is 0 Å². The summed E-state index contributed by atoms with van der Waals surface area (Å²) in [7, 11) is 0. The highest BCUT2D eigenvalue weighted by Crippen LogP contribution is 2.15. The van der Waals surface area contributed by atoms with Crippen molar-refractivity contribution in [3.05, 3.63) is 264 Å². The van der Waals surface area contributed by atoms with Gasteiger partial charge in [0.1, 0.15) is 48.8 Å². The number of hydrogen-bond acceptors (Lipinski definition) is 17. The maximum absolute atomic E-state index is 10.2. The summed E-state index contributed by atoms with van der Waals surface area (Å²) in [6.07, 6.45) is -2.41. The average molecular weight is 1280 g/mol. The molecule has 7 rings (SSSR count). The lowest BCUT2D eigenvalue weighted by Gasteiger charge is -2.26. The Hall–Kier alpha value is -6.40. The second-order valence-electron chi connectivity index (χ2n) is 22.3. The summed E-state index contributed by atoms with van der Waals surface area (Å²) in [5, 5.41) is 20.4. The van der Waals surface area contributed by atoms with E-state index in [0.717, 1.165) is 38.9 Å². The van der Waals surface area contributed by atoms with Crippen LogP contribution in [-0.2, 0) is 117 Å². The van der Waals surface area contributed by atoms with Crippen LogP contribution in [0.1, 0.15) is 38.9 Å². The average Bonchev–Trinajstić information content (AvgIpc) is 3.80. The highest BCUT2D eigenvalue weighted by molar-refractivity contribution is 5.18. The molecule has 17 heteroatoms. The summed E-state index contributed by atoms with van der Waals surface area (Å²) in [6.45, 7) is 8.45. The number of aliphatic hydroxyl groups excluding tert-OH is 2. The quantitative estimate of drug-likeness (QED) is 0.0271. The second kappa shape index (κ2) is 47.5. The summed E-state index contributed by atoms with van der Waals surface area (Å²) >= 11 is 0. The summed E-state index contributed by atoms with van der Waals surface area (Å²) < 4.78 is 95.1. The first-order valence-electron chi connectivity index (χ1n) is 32.1. The molecule has 0 aliphatic rings. The molecule has 0 aromatic heterocycles. The molecule has 0 heterocycles. The molecule has 0 saturated heterocycles. The van der Waals surface area contributed by atoms with Crippen LogP contribution in [-0.4, -0.2) is 171 Å². The van der Waals surface area contributed by atoms with Gasteiger partial charge in [0.15, 0.2) is 0 Å². The highest BCUT2D eigenvalue weighted by Gasteiger charge is 2.23. The lowest BCUT2D eigenvalue weighted by atomic mass is 10.2. The van der Waals surface area contributed by atoms with Gasteiger partial charge in [-0.25, -0.2) is 0 Å². The maximum Gasteiger partial charge on any atom is 0.105 e. The highest BCUT2D eigenvalue weighted by atomic mass is 16.6. The molecule has 502 valence electrons. The monoisotopic (exact) mass is 1280 g/mol. The van der Waals surface area contributed by atoms with E-state index in [9.17, 15) is 10.2 Å². The van der Waals surface area contributed by atoms with Crippen LogP contribution in [0.25, 0.3) is 0 Å². The van der Waals surface area contributed by atoms with Crippen molar-refractivity contribution in [2.45, 2.75) is 95.1 Å². The van der Waals surface area contributed by atoms with E-state index in [2.05, 4.69) is 6.58 Å². The summed E-state index contributed by atoms with van der Waals surface area (Å²) in [4.78, 5) is 0. The molecule has 0 radical (unpaired) electrons. The predicted molar refractivity (Wildman–Crippen MR) is 355 cm³/mol. The number of aliphatic hydroxyl groups is 2. The number of benzene rings is 7. The van der Waals surface area contributed by atoms with E-state index < -0.39 is 42.7 Å². The standard InChI is InChI=1S/C76H96O17/c1-2-38-79-50-71(88-43-64-28-14-5-15-29-64)51-82-55-74(91-46-67-34-20-8-21-35-67)56-84-59-75(58-83-54-72(89-44-65-30-16-6-17-31-65)52-80-48-69(39-77)86-41-62-24-10-3-11-25-62)93-61-76(92-47-68-36-22-9-23-37-68)60-85-57-73(90-45-66-32-18-7-19-33-66)53-81-49-70(40-78)87-42-63-26-12-4-13-27-63/h2-37,69-78H,1,38-61H2. The van der Waals surface area contributed by atoms with Gasteiger partial charge in [-0.1, -0.05) is 218 Å². The van der Waals surface area contributed by atoms with E-state index >= 15 is 0 Å². The molecule has 0 spiro atoms. The van der Waals surface area contributed by atoms with E-state index in [1.54, 1.807) is 6.08 Å². The van der Waals surface area contributed by atoms with Crippen LogP contribution >= 0.6 is 0 Å². The first-order valence-corrected chi connectivity index (χ1v) is 32.1. The molecular weight excluding hydrogens is 1180 g/mol. The summed E-state index contributed by atoms with van der Waals surface area (Å²) in [5.41, 5.74) is 7.01. The first-order chi connectivity index (χ1) is 46.0. The van der Waals surface area contributed by atoms with Crippen molar-refractivity contribution < 1.29 is 81.3 Å². The van der Waals surface area contributed by atoms with Gasteiger partial charge in [-0.15, -0.1) is 6.58 Å². The zero-order valence-electron chi connectivity index (χ0n) is 53.6. The van der Waals surface area contributed by atoms with Crippen molar-refractivity contribution in [1.82, 2.24) is 0 Å². The predicted octanol–water partition coefficient (Wildman–Crippen LogP) is 10.8. The van der Waals surface area contributed by atoms with E-state index in [-0.39, 0.29) is 105 Å². The van der Waals surface area contributed by atoms with Gasteiger partial charge >= 0.3 is 0 Å². The Kier molecular flexibility index (Phi) is 37.8. The Morgan fingerprint density at radius 3 is 0.602 bits per heavy atom. The molecule has 0 fully saturated rings. The largest absolute Gasteiger partial charge is 0.394 e. The van der Waals surface area contributed by atoms with Gasteiger partial charge in [0, 0.05) is 0 Å². The van der Waals surface area contributed by atoms with Gasteiger partial charge in [-0.05, 0) is 38.9 Å². The molecule has 0 amide bonds. The van der Waals surface area contributed by atoms with Gasteiger partial charge in [0.2, 0.25) is 0 Å². The Labute approximate surface area is 550 Å². The topological polar surface area (TPSA) is 179 Å². The van der Waals surface area contributed by atoms with E-state index in [0.29, 0.717) is 59.5 Å². The fraction of sp³-hybridized carbons (Fsp3) is 0.421. The molecule has 8 unspecified atom stereocenters. The molecule has 7 aromatic rings. The molecular formula is C76H96O17. The molecule has 93 heavy (non-hydrogen) atoms. The Morgan fingerprint density at radius 1 is 0.226 bits per heavy atom. The molecule has 0 aliphatic carbocycles. The van der Waals surface area contributed by atoms with Crippen LogP contribution < -0.4 is 0 Å². The lowest BCUT2D eigenvalue weighted by Crippen LogP contribution is -2.37. The Balaban J connectivity index is 1.03. The number of ether oxygens (including phenoxy) is 15. The minimum atomic E-state index is -0.624. The van der Waals surface area contributed by atoms with Gasteiger partial charge < -0.3 is 81.3 Å². The molecule has 2 N–H and O–H groups in total. The maximum atomic E-state index is 10.2. The summed E-state index contributed by atoms with van der Waals surface area (Å²) in [6, 6.07) is 69.3. The fourth-order valence-electron chi connectivity index (χ4n) is 9.20. The van der Waals surface area contributed by atoms with Gasteiger partial charge in [0.05, 0.1) is 159 Å². The van der Waals surface area contributed by atoms with E-state index in [4.69, 9.17) is 71.1 Å². The van der Waals surface area contributed by atoms with Crippen LogP contribution in [0.3, 0.4) is 0 Å². The zero-order valence-corrected chi connectivity index (χ0v) is 53.6. The van der Waals surface area contributed by atoms with Crippen molar-refractivity contribution in [3.63, 3.8) is 0 Å². The van der Waals surface area contributed by atoms with Crippen molar-refractivity contribution in [2.24, 2.45) is 0 Å². The van der Waals surface area contributed by atoms with E-state index in [1.807, 2.05) is 212 Å². The lowest BCUT2D eigenvalue weighted by molar-refractivity contribution is -0.142. The zero-order chi connectivity index (χ0) is 64.7. The SMILES string of the molecule is C=CCOCC(COCC(COCC(COCC(COCC(CO)OCc1ccccc1)OCc1ccccc1)OCC(COCC(COCC(CO)OCc1ccccc1)OCc1ccccc1)OCc1ccccc1)OCc1ccccc1)OCc1ccccc1. The second-order valence-corrected chi connectivity index (χ2v) is 22.3. The Morgan fingerprint density at radius 2 is 0.398 bits per heavy atom. The third-order valence-corrected chi connectivity index (χ3v) is 14.4. The fourth-order valence-corrected chi connectivity index (χ4v) is 9.20. The minimum Gasteiger partial charge on any atom is -0.394 e. The van der Waals surface area contributed by atoms with E-state index in [1.165, 1.54) is 0 Å². The molecule has 0 saturated carbocycles. The van der Waals surface area contributed by atoms with Crippen molar-refractivity contribution in [3.8, 4) is 0 Å². The third-order valence-electron chi connectivity index (χ3n) is 14.4. The van der Waals surface area contributed by atoms with Crippen molar-refractivity contribution in [2.75, 3.05) is 112 Å². The minimum absolute atomic E-state index is 0.102. The molecule has 0 bridgehead atoms. The number of rotatable bonds is 54. The van der Waals surface area contributed by atoms with Crippen LogP contribution in [0.4, 0.5) is 0 Å². The first kappa shape index (κ1) is 74.0. The number of hydrogen-bond donors (Lipinski definition) is 2. The third kappa shape index (κ3) is 33.0. The molecule has 0 aliphatic heterocycles. The Bertz CT molecular complexity index is 2870. The normalized spacial score (nSPS) is 14.2. The van der Waals surface area contributed by atoms with Crippen LogP contribution in [0.2, 0.25) is 0 Å². The van der Waals surface area contributed by atoms with Gasteiger partial charge in [-0.2, -0.15) is 0 Å². The summed E-state index contributed by atoms with van der Waals surface area (Å²) in [5.74, 6) is 0. The molecule has 8 atom stereocenters. The van der Waals surface area contributed by atoms with Crippen LogP contribution in [0.15, 0.2) is 225 Å². The van der Waals surface area contributed by atoms with Crippen molar-refractivity contribution in [1.29, 1.82) is 0 Å². The van der Waals surface area contributed by atoms with Crippen LogP contribution in [0.5, 0.6) is 0 Å². The van der Waals surface area contributed by atoms with Crippen molar-refractivity contribution >= 4 is 0 Å². The molecule has 7 aromatic carbocycles. The van der Waals surface area contributed by atoms with Crippen LogP contribution in [0, 0.1) is 0 Å².